The van der Waals surface area contributed by atoms with Gasteiger partial charge in [-0.1, -0.05) is 23.7 Å². The normalized spacial score (nSPS) is 11.0. The molecule has 0 saturated heterocycles. The van der Waals surface area contributed by atoms with Crippen LogP contribution in [-0.2, 0) is 17.9 Å². The Balaban J connectivity index is 1.68. The molecule has 0 atom stereocenters. The molecule has 3 rings (SSSR count). The van der Waals surface area contributed by atoms with Crippen LogP contribution in [0.25, 0.3) is 0 Å². The van der Waals surface area contributed by atoms with Crippen LogP contribution < -0.4 is 5.32 Å². The zero-order chi connectivity index (χ0) is 22.0. The van der Waals surface area contributed by atoms with E-state index >= 15 is 0 Å². The summed E-state index contributed by atoms with van der Waals surface area (Å²) in [6.45, 7) is 7.73. The van der Waals surface area contributed by atoms with Crippen molar-refractivity contribution in [3.05, 3.63) is 67.7 Å². The van der Waals surface area contributed by atoms with Crippen molar-refractivity contribution in [2.75, 3.05) is 5.32 Å². The molecule has 0 aliphatic heterocycles. The van der Waals surface area contributed by atoms with Crippen LogP contribution in [0.2, 0.25) is 5.02 Å². The summed E-state index contributed by atoms with van der Waals surface area (Å²) in [5.74, 6) is -0.210. The summed E-state index contributed by atoms with van der Waals surface area (Å²) in [4.78, 5) is 23.2. The number of nitro groups is 1. The standard InChI is InChI=1S/C20H23ClN6O3/c1-12-19(14(3)26(23-12)11-16-6-5-7-17(21)10-16)22-18(28)8-9-25-15(4)20(27(29)30)13(2)24-25/h5-7,10H,8-9,11H2,1-4H3,(H,22,28). The maximum atomic E-state index is 12.5. The average Bonchev–Trinajstić information content (AvgIpc) is 3.09. The second-order valence-corrected chi connectivity index (χ2v) is 7.57. The lowest BCUT2D eigenvalue weighted by Gasteiger charge is -2.08. The summed E-state index contributed by atoms with van der Waals surface area (Å²) < 4.78 is 3.32. The first kappa shape index (κ1) is 21.5. The molecule has 10 heteroatoms. The molecule has 0 unspecified atom stereocenters. The van der Waals surface area contributed by atoms with Gasteiger partial charge in [-0.25, -0.2) is 0 Å². The second-order valence-electron chi connectivity index (χ2n) is 7.13. The van der Waals surface area contributed by atoms with E-state index in [-0.39, 0.29) is 24.6 Å². The minimum Gasteiger partial charge on any atom is -0.323 e. The maximum absolute atomic E-state index is 12.5. The Kier molecular flexibility index (Phi) is 6.21. The van der Waals surface area contributed by atoms with Crippen molar-refractivity contribution in [2.24, 2.45) is 0 Å². The van der Waals surface area contributed by atoms with Crippen molar-refractivity contribution in [2.45, 2.75) is 47.2 Å². The quantitative estimate of drug-likeness (QED) is 0.451. The minimum atomic E-state index is -0.449. The number of carbonyl (C=O) groups excluding carboxylic acids is 1. The van der Waals surface area contributed by atoms with Gasteiger partial charge in [0.2, 0.25) is 5.91 Å². The van der Waals surface area contributed by atoms with E-state index < -0.39 is 4.92 Å². The number of aryl methyl sites for hydroxylation is 3. The Hall–Kier alpha value is -3.20. The lowest BCUT2D eigenvalue weighted by molar-refractivity contribution is -0.386. The lowest BCUT2D eigenvalue weighted by atomic mass is 10.2. The van der Waals surface area contributed by atoms with Crippen LogP contribution >= 0.6 is 11.6 Å². The van der Waals surface area contributed by atoms with Gasteiger partial charge in [0.1, 0.15) is 11.4 Å². The van der Waals surface area contributed by atoms with Crippen molar-refractivity contribution in [3.8, 4) is 0 Å². The van der Waals surface area contributed by atoms with Gasteiger partial charge < -0.3 is 5.32 Å². The zero-order valence-corrected chi connectivity index (χ0v) is 18.0. The number of benzene rings is 1. The third-order valence-electron chi connectivity index (χ3n) is 4.94. The van der Waals surface area contributed by atoms with Gasteiger partial charge in [-0.05, 0) is 45.4 Å². The number of amides is 1. The van der Waals surface area contributed by atoms with Crippen molar-refractivity contribution >= 4 is 28.9 Å². The Bertz CT molecular complexity index is 1120. The molecule has 0 bridgehead atoms. The zero-order valence-electron chi connectivity index (χ0n) is 17.3. The van der Waals surface area contributed by atoms with Gasteiger partial charge in [0.25, 0.3) is 0 Å². The van der Waals surface area contributed by atoms with Crippen LogP contribution in [0.15, 0.2) is 24.3 Å². The molecular formula is C20H23ClN6O3. The number of carbonyl (C=O) groups is 1. The van der Waals surface area contributed by atoms with Crippen molar-refractivity contribution in [3.63, 3.8) is 0 Å². The highest BCUT2D eigenvalue weighted by atomic mass is 35.5. The fourth-order valence-corrected chi connectivity index (χ4v) is 3.63. The number of anilines is 1. The molecule has 3 aromatic rings. The first-order chi connectivity index (χ1) is 14.2. The van der Waals surface area contributed by atoms with Crippen LogP contribution in [-0.4, -0.2) is 30.4 Å². The molecule has 1 aromatic carbocycles. The molecule has 0 aliphatic carbocycles. The van der Waals surface area contributed by atoms with E-state index in [0.717, 1.165) is 11.3 Å². The molecule has 0 spiro atoms. The smallest absolute Gasteiger partial charge is 0.312 e. The Labute approximate surface area is 178 Å². The minimum absolute atomic E-state index is 0.00983. The van der Waals surface area contributed by atoms with Crippen molar-refractivity contribution in [1.29, 1.82) is 0 Å². The highest BCUT2D eigenvalue weighted by Gasteiger charge is 2.22. The third-order valence-corrected chi connectivity index (χ3v) is 5.18. The summed E-state index contributed by atoms with van der Waals surface area (Å²) in [5, 5.41) is 23.4. The molecule has 0 fully saturated rings. The van der Waals surface area contributed by atoms with Crippen LogP contribution in [0.3, 0.4) is 0 Å². The predicted octanol–water partition coefficient (Wildman–Crippen LogP) is 3.95. The highest BCUT2D eigenvalue weighted by molar-refractivity contribution is 6.30. The highest BCUT2D eigenvalue weighted by Crippen LogP contribution is 2.23. The van der Waals surface area contributed by atoms with Crippen LogP contribution in [0.4, 0.5) is 11.4 Å². The van der Waals surface area contributed by atoms with Crippen LogP contribution in [0, 0.1) is 37.8 Å². The molecule has 0 saturated carbocycles. The molecule has 30 heavy (non-hydrogen) atoms. The molecule has 2 heterocycles. The molecule has 2 aromatic heterocycles. The fraction of sp³-hybridized carbons (Fsp3) is 0.350. The number of aromatic nitrogens is 4. The van der Waals surface area contributed by atoms with Crippen molar-refractivity contribution < 1.29 is 9.72 Å². The first-order valence-corrected chi connectivity index (χ1v) is 9.82. The van der Waals surface area contributed by atoms with Crippen molar-refractivity contribution in [1.82, 2.24) is 19.6 Å². The number of hydrogen-bond donors (Lipinski definition) is 1. The predicted molar refractivity (Wildman–Crippen MR) is 114 cm³/mol. The summed E-state index contributed by atoms with van der Waals surface area (Å²) in [6.07, 6.45) is 0.136. The Morgan fingerprint density at radius 2 is 1.83 bits per heavy atom. The lowest BCUT2D eigenvalue weighted by Crippen LogP contribution is -2.16. The SMILES string of the molecule is Cc1nn(Cc2cccc(Cl)c2)c(C)c1NC(=O)CCn1nc(C)c([N+](=O)[O-])c1C. The molecule has 158 valence electrons. The monoisotopic (exact) mass is 430 g/mol. The largest absolute Gasteiger partial charge is 0.323 e. The summed E-state index contributed by atoms with van der Waals surface area (Å²) in [7, 11) is 0. The number of hydrogen-bond acceptors (Lipinski definition) is 5. The van der Waals surface area contributed by atoms with Gasteiger partial charge in [-0.3, -0.25) is 24.3 Å². The van der Waals surface area contributed by atoms with Gasteiger partial charge >= 0.3 is 5.69 Å². The van der Waals surface area contributed by atoms with E-state index in [1.807, 2.05) is 42.8 Å². The van der Waals surface area contributed by atoms with Gasteiger partial charge in [0.05, 0.1) is 35.1 Å². The van der Waals surface area contributed by atoms with Gasteiger partial charge in [0.15, 0.2) is 0 Å². The van der Waals surface area contributed by atoms with E-state index in [1.165, 1.54) is 4.68 Å². The Morgan fingerprint density at radius 3 is 2.47 bits per heavy atom. The topological polar surface area (TPSA) is 108 Å². The molecule has 9 nitrogen and oxygen atoms in total. The van der Waals surface area contributed by atoms with E-state index in [2.05, 4.69) is 15.5 Å². The summed E-state index contributed by atoms with van der Waals surface area (Å²) in [5.41, 5.74) is 3.99. The molecule has 1 amide bonds. The number of halogens is 1. The van der Waals surface area contributed by atoms with Gasteiger partial charge in [0, 0.05) is 11.4 Å². The third kappa shape index (κ3) is 4.51. The second kappa shape index (κ2) is 8.66. The Morgan fingerprint density at radius 1 is 1.13 bits per heavy atom. The van der Waals surface area contributed by atoms with E-state index in [1.54, 1.807) is 13.8 Å². The summed E-state index contributed by atoms with van der Waals surface area (Å²) in [6, 6.07) is 7.54. The van der Waals surface area contributed by atoms with E-state index in [0.29, 0.717) is 34.3 Å². The number of nitrogens with one attached hydrogen (secondary N) is 1. The van der Waals surface area contributed by atoms with Gasteiger partial charge in [-0.2, -0.15) is 10.2 Å². The number of nitrogens with zero attached hydrogens (tertiary/aromatic N) is 5. The molecular weight excluding hydrogens is 408 g/mol. The van der Waals surface area contributed by atoms with Crippen LogP contribution in [0.1, 0.15) is 34.8 Å². The molecule has 0 radical (unpaired) electrons. The number of rotatable bonds is 7. The fourth-order valence-electron chi connectivity index (χ4n) is 3.42. The van der Waals surface area contributed by atoms with E-state index in [9.17, 15) is 14.9 Å². The van der Waals surface area contributed by atoms with E-state index in [4.69, 9.17) is 11.6 Å². The van der Waals surface area contributed by atoms with Gasteiger partial charge in [-0.15, -0.1) is 0 Å². The average molecular weight is 431 g/mol. The maximum Gasteiger partial charge on any atom is 0.312 e. The first-order valence-electron chi connectivity index (χ1n) is 9.44. The summed E-state index contributed by atoms with van der Waals surface area (Å²) >= 11 is 6.05. The molecule has 0 aliphatic rings. The van der Waals surface area contributed by atoms with Crippen LogP contribution in [0.5, 0.6) is 0 Å². The molecule has 1 N–H and O–H groups in total.